The summed E-state index contributed by atoms with van der Waals surface area (Å²) < 4.78 is 0. The van der Waals surface area contributed by atoms with Crippen molar-refractivity contribution in [3.63, 3.8) is 0 Å². The van der Waals surface area contributed by atoms with Gasteiger partial charge in [-0.05, 0) is 19.2 Å². The molecular formula is C20H22N6O3. The molecule has 1 saturated heterocycles. The summed E-state index contributed by atoms with van der Waals surface area (Å²) in [7, 11) is 2.08. The zero-order valence-electron chi connectivity index (χ0n) is 16.2. The van der Waals surface area contributed by atoms with Crippen LogP contribution in [0.2, 0.25) is 0 Å². The number of nitrogens with one attached hydrogen (secondary N) is 1. The standard InChI is InChI=1S/C20H22N6O3/c1-24-8-10-25(11-9-24)17-12-16(21-13-22-17)23-18(27)6-7-26-19(28)14-4-2-3-5-15(14)20(26)29/h2-5,12-13H,6-11H2,1H3,(H,21,22,23,27). The van der Waals surface area contributed by atoms with E-state index in [-0.39, 0.29) is 30.7 Å². The minimum Gasteiger partial charge on any atom is -0.354 e. The van der Waals surface area contributed by atoms with Crippen LogP contribution in [-0.2, 0) is 4.79 Å². The number of fused-ring (bicyclic) bond motifs is 1. The van der Waals surface area contributed by atoms with Crippen molar-refractivity contribution in [3.05, 3.63) is 47.8 Å². The normalized spacial score (nSPS) is 16.9. The van der Waals surface area contributed by atoms with Crippen molar-refractivity contribution in [2.45, 2.75) is 6.42 Å². The first-order chi connectivity index (χ1) is 14.0. The SMILES string of the molecule is CN1CCN(c2cc(NC(=O)CCN3C(=O)c4ccccc4C3=O)ncn2)CC1. The van der Waals surface area contributed by atoms with Gasteiger partial charge in [-0.25, -0.2) is 9.97 Å². The van der Waals surface area contributed by atoms with E-state index < -0.39 is 0 Å². The highest BCUT2D eigenvalue weighted by Crippen LogP contribution is 2.22. The van der Waals surface area contributed by atoms with Gasteiger partial charge >= 0.3 is 0 Å². The van der Waals surface area contributed by atoms with Crippen LogP contribution in [0.4, 0.5) is 11.6 Å². The smallest absolute Gasteiger partial charge is 0.261 e. The van der Waals surface area contributed by atoms with Crippen molar-refractivity contribution in [1.82, 2.24) is 19.8 Å². The number of carbonyl (C=O) groups is 3. The number of anilines is 2. The average molecular weight is 394 g/mol. The van der Waals surface area contributed by atoms with E-state index in [2.05, 4.69) is 32.1 Å². The highest BCUT2D eigenvalue weighted by Gasteiger charge is 2.35. The third kappa shape index (κ3) is 3.95. The highest BCUT2D eigenvalue weighted by atomic mass is 16.2. The van der Waals surface area contributed by atoms with E-state index in [1.165, 1.54) is 6.33 Å². The van der Waals surface area contributed by atoms with E-state index in [1.54, 1.807) is 30.3 Å². The van der Waals surface area contributed by atoms with E-state index >= 15 is 0 Å². The van der Waals surface area contributed by atoms with Gasteiger partial charge in [-0.15, -0.1) is 0 Å². The van der Waals surface area contributed by atoms with Gasteiger partial charge in [0.25, 0.3) is 11.8 Å². The van der Waals surface area contributed by atoms with Crippen molar-refractivity contribution >= 4 is 29.4 Å². The molecule has 9 nitrogen and oxygen atoms in total. The lowest BCUT2D eigenvalue weighted by molar-refractivity contribution is -0.116. The van der Waals surface area contributed by atoms with E-state index in [1.807, 2.05) is 0 Å². The predicted octanol–water partition coefficient (Wildman–Crippen LogP) is 0.853. The van der Waals surface area contributed by atoms with Gasteiger partial charge in [0.2, 0.25) is 5.91 Å². The third-order valence-corrected chi connectivity index (χ3v) is 5.19. The van der Waals surface area contributed by atoms with Gasteiger partial charge in [0.15, 0.2) is 0 Å². The molecule has 0 atom stereocenters. The largest absolute Gasteiger partial charge is 0.354 e. The molecule has 1 N–H and O–H groups in total. The van der Waals surface area contributed by atoms with Gasteiger partial charge in [-0.3, -0.25) is 19.3 Å². The number of aromatic nitrogens is 2. The fourth-order valence-electron chi connectivity index (χ4n) is 3.48. The zero-order chi connectivity index (χ0) is 20.4. The molecule has 2 aliphatic rings. The molecule has 1 aromatic carbocycles. The molecule has 0 unspecified atom stereocenters. The minimum absolute atomic E-state index is 0.000681. The molecule has 9 heteroatoms. The summed E-state index contributed by atoms with van der Waals surface area (Å²) in [6.07, 6.45) is 1.42. The first-order valence-corrected chi connectivity index (χ1v) is 9.53. The van der Waals surface area contributed by atoms with Crippen LogP contribution in [0, 0.1) is 0 Å². The van der Waals surface area contributed by atoms with Gasteiger partial charge in [0, 0.05) is 45.2 Å². The molecule has 1 aromatic heterocycles. The lowest BCUT2D eigenvalue weighted by Gasteiger charge is -2.33. The van der Waals surface area contributed by atoms with Crippen molar-refractivity contribution in [3.8, 4) is 0 Å². The Balaban J connectivity index is 1.34. The van der Waals surface area contributed by atoms with Crippen LogP contribution < -0.4 is 10.2 Å². The number of rotatable bonds is 5. The van der Waals surface area contributed by atoms with Crippen LogP contribution >= 0.6 is 0 Å². The van der Waals surface area contributed by atoms with Crippen LogP contribution in [0.15, 0.2) is 36.7 Å². The molecule has 1 fully saturated rings. The van der Waals surface area contributed by atoms with Gasteiger partial charge in [-0.2, -0.15) is 0 Å². The minimum atomic E-state index is -0.363. The number of hydrogen-bond donors (Lipinski definition) is 1. The third-order valence-electron chi connectivity index (χ3n) is 5.19. The summed E-state index contributed by atoms with van der Waals surface area (Å²) in [5.41, 5.74) is 0.760. The number of carbonyl (C=O) groups excluding carboxylic acids is 3. The molecular weight excluding hydrogens is 372 g/mol. The number of piperazine rings is 1. The van der Waals surface area contributed by atoms with Gasteiger partial charge < -0.3 is 15.1 Å². The molecule has 3 amide bonds. The van der Waals surface area contributed by atoms with Crippen LogP contribution in [0.1, 0.15) is 27.1 Å². The molecule has 0 radical (unpaired) electrons. The number of benzene rings is 1. The average Bonchev–Trinajstić information content (AvgIpc) is 2.97. The van der Waals surface area contributed by atoms with E-state index in [4.69, 9.17) is 0 Å². The second kappa shape index (κ2) is 7.96. The monoisotopic (exact) mass is 394 g/mol. The van der Waals surface area contributed by atoms with E-state index in [9.17, 15) is 14.4 Å². The summed E-state index contributed by atoms with van der Waals surface area (Å²) >= 11 is 0. The molecule has 0 bridgehead atoms. The Hall–Kier alpha value is -3.33. The summed E-state index contributed by atoms with van der Waals surface area (Å²) in [5.74, 6) is 0.130. The quantitative estimate of drug-likeness (QED) is 0.751. The Labute approximate surface area is 168 Å². The number of imide groups is 1. The predicted molar refractivity (Wildman–Crippen MR) is 107 cm³/mol. The molecule has 0 aliphatic carbocycles. The molecule has 2 aromatic rings. The Morgan fingerprint density at radius 1 is 1.03 bits per heavy atom. The number of amides is 3. The number of hydrogen-bond acceptors (Lipinski definition) is 7. The fraction of sp³-hybridized carbons (Fsp3) is 0.350. The topological polar surface area (TPSA) is 98.7 Å². The maximum absolute atomic E-state index is 12.4. The van der Waals surface area contributed by atoms with Crippen LogP contribution in [0.25, 0.3) is 0 Å². The molecule has 29 heavy (non-hydrogen) atoms. The summed E-state index contributed by atoms with van der Waals surface area (Å²) in [4.78, 5) is 51.0. The highest BCUT2D eigenvalue weighted by molar-refractivity contribution is 6.21. The Morgan fingerprint density at radius 3 is 2.34 bits per heavy atom. The number of likely N-dealkylation sites (N-methyl/N-ethyl adjacent to an activating group) is 1. The van der Waals surface area contributed by atoms with E-state index in [0.717, 1.165) is 36.9 Å². The Kier molecular flexibility index (Phi) is 5.22. The molecule has 0 saturated carbocycles. The van der Waals surface area contributed by atoms with Gasteiger partial charge in [0.05, 0.1) is 11.1 Å². The van der Waals surface area contributed by atoms with Gasteiger partial charge in [-0.1, -0.05) is 12.1 Å². The van der Waals surface area contributed by atoms with Crippen LogP contribution in [0.3, 0.4) is 0 Å². The molecule has 0 spiro atoms. The Morgan fingerprint density at radius 2 is 1.69 bits per heavy atom. The van der Waals surface area contributed by atoms with E-state index in [0.29, 0.717) is 16.9 Å². The fourth-order valence-corrected chi connectivity index (χ4v) is 3.48. The van der Waals surface area contributed by atoms with Crippen molar-refractivity contribution < 1.29 is 14.4 Å². The molecule has 2 aliphatic heterocycles. The first-order valence-electron chi connectivity index (χ1n) is 9.53. The second-order valence-corrected chi connectivity index (χ2v) is 7.16. The number of nitrogens with zero attached hydrogens (tertiary/aromatic N) is 5. The van der Waals surface area contributed by atoms with Crippen molar-refractivity contribution in [2.75, 3.05) is 50.0 Å². The summed E-state index contributed by atoms with van der Waals surface area (Å²) in [6, 6.07) is 8.42. The Bertz CT molecular complexity index is 920. The lowest BCUT2D eigenvalue weighted by Crippen LogP contribution is -2.44. The van der Waals surface area contributed by atoms with Crippen molar-refractivity contribution in [2.24, 2.45) is 0 Å². The summed E-state index contributed by atoms with van der Waals surface area (Å²) in [5, 5.41) is 2.73. The molecule has 3 heterocycles. The second-order valence-electron chi connectivity index (χ2n) is 7.16. The molecule has 150 valence electrons. The molecule has 4 rings (SSSR count). The van der Waals surface area contributed by atoms with Crippen molar-refractivity contribution in [1.29, 1.82) is 0 Å². The zero-order valence-corrected chi connectivity index (χ0v) is 16.2. The first kappa shape index (κ1) is 19.0. The summed E-state index contributed by atoms with van der Waals surface area (Å²) in [6.45, 7) is 3.65. The van der Waals surface area contributed by atoms with Gasteiger partial charge in [0.1, 0.15) is 18.0 Å². The van der Waals surface area contributed by atoms with Crippen LogP contribution in [-0.4, -0.2) is 77.3 Å². The van der Waals surface area contributed by atoms with Crippen LogP contribution in [0.5, 0.6) is 0 Å². The maximum atomic E-state index is 12.4. The maximum Gasteiger partial charge on any atom is 0.261 e. The lowest BCUT2D eigenvalue weighted by atomic mass is 10.1.